The summed E-state index contributed by atoms with van der Waals surface area (Å²) in [7, 11) is 2.11. The maximum atomic E-state index is 12.1. The molecule has 2 aliphatic heterocycles. The van der Waals surface area contributed by atoms with Crippen molar-refractivity contribution in [1.29, 1.82) is 0 Å². The minimum atomic E-state index is -0.725. The fourth-order valence-corrected chi connectivity index (χ4v) is 3.29. The van der Waals surface area contributed by atoms with Crippen molar-refractivity contribution in [1.82, 2.24) is 15.1 Å². The summed E-state index contributed by atoms with van der Waals surface area (Å²) in [5.41, 5.74) is 0. The Morgan fingerprint density at radius 2 is 1.81 bits per heavy atom. The molecule has 0 aliphatic carbocycles. The number of carboxylic acid groups (broad SMARTS) is 1. The van der Waals surface area contributed by atoms with Gasteiger partial charge in [0.1, 0.15) is 0 Å². The summed E-state index contributed by atoms with van der Waals surface area (Å²) in [6.07, 6.45) is 3.99. The van der Waals surface area contributed by atoms with Crippen LogP contribution in [-0.4, -0.2) is 66.7 Å². The Labute approximate surface area is 126 Å². The van der Waals surface area contributed by atoms with E-state index < -0.39 is 5.97 Å². The zero-order valence-electron chi connectivity index (χ0n) is 12.9. The molecule has 1 unspecified atom stereocenters. The molecular weight excluding hydrogens is 270 g/mol. The largest absolute Gasteiger partial charge is 0.481 e. The maximum Gasteiger partial charge on any atom is 0.317 e. The van der Waals surface area contributed by atoms with E-state index in [0.717, 1.165) is 58.4 Å². The molecule has 2 heterocycles. The van der Waals surface area contributed by atoms with Crippen molar-refractivity contribution in [2.45, 2.75) is 32.1 Å². The molecule has 2 saturated heterocycles. The second-order valence-corrected chi connectivity index (χ2v) is 6.47. The van der Waals surface area contributed by atoms with Gasteiger partial charge in [-0.2, -0.15) is 0 Å². The van der Waals surface area contributed by atoms with Crippen molar-refractivity contribution in [3.63, 3.8) is 0 Å². The predicted molar refractivity (Wildman–Crippen MR) is 80.2 cm³/mol. The van der Waals surface area contributed by atoms with Crippen LogP contribution in [0.1, 0.15) is 32.1 Å². The van der Waals surface area contributed by atoms with Crippen molar-refractivity contribution in [2.75, 3.05) is 39.8 Å². The van der Waals surface area contributed by atoms with Crippen LogP contribution in [0.5, 0.6) is 0 Å². The molecule has 0 aromatic carbocycles. The van der Waals surface area contributed by atoms with Gasteiger partial charge in [-0.25, -0.2) is 4.79 Å². The van der Waals surface area contributed by atoms with E-state index in [4.69, 9.17) is 5.11 Å². The molecule has 0 radical (unpaired) electrons. The van der Waals surface area contributed by atoms with E-state index in [1.807, 2.05) is 4.90 Å². The average Bonchev–Trinajstić information content (AvgIpc) is 2.89. The van der Waals surface area contributed by atoms with Gasteiger partial charge in [-0.3, -0.25) is 4.79 Å². The summed E-state index contributed by atoms with van der Waals surface area (Å²) in [5.74, 6) is 0.303. The average molecular weight is 297 g/mol. The number of aliphatic carboxylic acids is 1. The number of carbonyl (C=O) groups is 2. The monoisotopic (exact) mass is 297 g/mol. The van der Waals surface area contributed by atoms with Gasteiger partial charge in [0.25, 0.3) is 0 Å². The summed E-state index contributed by atoms with van der Waals surface area (Å²) in [6.45, 7) is 4.45. The molecule has 2 rings (SSSR count). The number of nitrogens with zero attached hydrogens (tertiary/aromatic N) is 2. The van der Waals surface area contributed by atoms with E-state index in [0.29, 0.717) is 11.8 Å². The number of amides is 2. The second kappa shape index (κ2) is 7.64. The van der Waals surface area contributed by atoms with Gasteiger partial charge >= 0.3 is 12.0 Å². The molecule has 0 bridgehead atoms. The quantitative estimate of drug-likeness (QED) is 0.800. The molecule has 2 aliphatic rings. The number of carboxylic acids is 1. The molecule has 2 N–H and O–H groups in total. The van der Waals surface area contributed by atoms with Crippen LogP contribution < -0.4 is 5.32 Å². The summed E-state index contributed by atoms with van der Waals surface area (Å²) in [5, 5.41) is 11.7. The van der Waals surface area contributed by atoms with Crippen LogP contribution in [-0.2, 0) is 4.79 Å². The number of urea groups is 1. The zero-order chi connectivity index (χ0) is 15.2. The van der Waals surface area contributed by atoms with E-state index in [9.17, 15) is 9.59 Å². The van der Waals surface area contributed by atoms with Crippen molar-refractivity contribution in [2.24, 2.45) is 11.8 Å². The van der Waals surface area contributed by atoms with Crippen LogP contribution in [0.4, 0.5) is 4.79 Å². The van der Waals surface area contributed by atoms with Crippen molar-refractivity contribution < 1.29 is 14.7 Å². The summed E-state index contributed by atoms with van der Waals surface area (Å²) in [4.78, 5) is 26.9. The van der Waals surface area contributed by atoms with E-state index in [1.54, 1.807) is 0 Å². The van der Waals surface area contributed by atoms with Gasteiger partial charge in [0.05, 0.1) is 0 Å². The lowest BCUT2D eigenvalue weighted by Crippen LogP contribution is -2.45. The van der Waals surface area contributed by atoms with Crippen LogP contribution in [0.15, 0.2) is 0 Å². The molecule has 0 spiro atoms. The zero-order valence-corrected chi connectivity index (χ0v) is 12.9. The first-order chi connectivity index (χ1) is 10.0. The van der Waals surface area contributed by atoms with Gasteiger partial charge in [-0.1, -0.05) is 0 Å². The Balaban J connectivity index is 1.62. The minimum Gasteiger partial charge on any atom is -0.481 e. The van der Waals surface area contributed by atoms with Gasteiger partial charge in [0.2, 0.25) is 0 Å². The van der Waals surface area contributed by atoms with E-state index >= 15 is 0 Å². The molecule has 1 atom stereocenters. The third kappa shape index (κ3) is 5.19. The number of carbonyl (C=O) groups excluding carboxylic acids is 1. The highest BCUT2D eigenvalue weighted by Crippen LogP contribution is 2.22. The smallest absolute Gasteiger partial charge is 0.317 e. The highest BCUT2D eigenvalue weighted by Gasteiger charge is 2.24. The van der Waals surface area contributed by atoms with Crippen LogP contribution in [0.2, 0.25) is 0 Å². The van der Waals surface area contributed by atoms with Gasteiger partial charge < -0.3 is 20.2 Å². The Hall–Kier alpha value is -1.30. The van der Waals surface area contributed by atoms with Gasteiger partial charge in [0, 0.05) is 32.6 Å². The molecule has 0 aromatic heterocycles. The minimum absolute atomic E-state index is 0.0428. The van der Waals surface area contributed by atoms with Crippen molar-refractivity contribution in [3.8, 4) is 0 Å². The topological polar surface area (TPSA) is 72.9 Å². The second-order valence-electron chi connectivity index (χ2n) is 6.47. The first-order valence-electron chi connectivity index (χ1n) is 7.97. The Morgan fingerprint density at radius 1 is 1.14 bits per heavy atom. The molecule has 0 aromatic rings. The van der Waals surface area contributed by atoms with Crippen LogP contribution in [0.3, 0.4) is 0 Å². The lowest BCUT2D eigenvalue weighted by Gasteiger charge is -2.32. The van der Waals surface area contributed by atoms with Crippen molar-refractivity contribution >= 4 is 12.0 Å². The molecular formula is C15H27N3O3. The highest BCUT2D eigenvalue weighted by molar-refractivity contribution is 5.74. The number of rotatable bonds is 5. The fourth-order valence-electron chi connectivity index (χ4n) is 3.29. The fraction of sp³-hybridized carbons (Fsp3) is 0.867. The third-order valence-electron chi connectivity index (χ3n) is 4.70. The van der Waals surface area contributed by atoms with E-state index in [1.165, 1.54) is 0 Å². The number of piperidine rings is 1. The Kier molecular flexibility index (Phi) is 5.85. The number of hydrogen-bond acceptors (Lipinski definition) is 3. The standard InChI is InChI=1S/C15H27N3O3/c1-17-7-4-13(11-17)10-16-15(21)18-8-5-12(6-9-18)2-3-14(19)20/h12-13H,2-11H2,1H3,(H,16,21)(H,19,20). The summed E-state index contributed by atoms with van der Waals surface area (Å²) >= 11 is 0. The van der Waals surface area contributed by atoms with Gasteiger partial charge in [0.15, 0.2) is 0 Å². The third-order valence-corrected chi connectivity index (χ3v) is 4.70. The molecule has 6 heteroatoms. The van der Waals surface area contributed by atoms with E-state index in [2.05, 4.69) is 17.3 Å². The van der Waals surface area contributed by atoms with Crippen molar-refractivity contribution in [3.05, 3.63) is 0 Å². The summed E-state index contributed by atoms with van der Waals surface area (Å²) in [6, 6.07) is 0.0428. The van der Waals surface area contributed by atoms with E-state index in [-0.39, 0.29) is 12.5 Å². The Bertz CT molecular complexity index is 367. The maximum absolute atomic E-state index is 12.1. The van der Waals surface area contributed by atoms with Crippen LogP contribution in [0, 0.1) is 11.8 Å². The molecule has 120 valence electrons. The molecule has 0 saturated carbocycles. The lowest BCUT2D eigenvalue weighted by atomic mass is 9.92. The SMILES string of the molecule is CN1CCC(CNC(=O)N2CCC(CCC(=O)O)CC2)C1. The van der Waals surface area contributed by atoms with Crippen LogP contribution in [0.25, 0.3) is 0 Å². The molecule has 6 nitrogen and oxygen atoms in total. The van der Waals surface area contributed by atoms with Gasteiger partial charge in [-0.15, -0.1) is 0 Å². The number of hydrogen-bond donors (Lipinski definition) is 2. The van der Waals surface area contributed by atoms with Crippen LogP contribution >= 0.6 is 0 Å². The number of likely N-dealkylation sites (tertiary alicyclic amines) is 2. The molecule has 2 amide bonds. The molecule has 21 heavy (non-hydrogen) atoms. The first kappa shape index (κ1) is 16.1. The van der Waals surface area contributed by atoms with Gasteiger partial charge in [-0.05, 0) is 51.1 Å². The summed E-state index contributed by atoms with van der Waals surface area (Å²) < 4.78 is 0. The predicted octanol–water partition coefficient (Wildman–Crippen LogP) is 1.22. The Morgan fingerprint density at radius 3 is 2.38 bits per heavy atom. The normalized spacial score (nSPS) is 24.2. The molecule has 2 fully saturated rings. The first-order valence-corrected chi connectivity index (χ1v) is 7.97. The number of nitrogens with one attached hydrogen (secondary N) is 1. The highest BCUT2D eigenvalue weighted by atomic mass is 16.4. The lowest BCUT2D eigenvalue weighted by molar-refractivity contribution is -0.137.